The molecule has 0 bridgehead atoms. The number of piperidine rings is 1. The lowest BCUT2D eigenvalue weighted by atomic mass is 9.98. The summed E-state index contributed by atoms with van der Waals surface area (Å²) in [5.74, 6) is 1.32. The van der Waals surface area contributed by atoms with Gasteiger partial charge in [0.2, 0.25) is 0 Å². The van der Waals surface area contributed by atoms with Crippen LogP contribution in [-0.4, -0.2) is 43.6 Å². The maximum absolute atomic E-state index is 5.90. The van der Waals surface area contributed by atoms with Crippen molar-refractivity contribution >= 4 is 5.96 Å². The zero-order valence-electron chi connectivity index (χ0n) is 12.8. The van der Waals surface area contributed by atoms with Gasteiger partial charge in [-0.1, -0.05) is 33.1 Å². The summed E-state index contributed by atoms with van der Waals surface area (Å²) in [6.45, 7) is 9.90. The molecule has 1 atom stereocenters. The highest BCUT2D eigenvalue weighted by Gasteiger charge is 2.18. The number of hydrogen-bond donors (Lipinski definition) is 2. The minimum absolute atomic E-state index is 0.630. The molecule has 1 rings (SSSR count). The van der Waals surface area contributed by atoms with Gasteiger partial charge in [0.1, 0.15) is 0 Å². The van der Waals surface area contributed by atoms with Crippen molar-refractivity contribution in [2.24, 2.45) is 16.6 Å². The number of nitrogens with zero attached hydrogens (tertiary/aromatic N) is 2. The monoisotopic (exact) mass is 268 g/mol. The summed E-state index contributed by atoms with van der Waals surface area (Å²) < 4.78 is 0. The van der Waals surface area contributed by atoms with E-state index in [1.807, 2.05) is 0 Å². The average Bonchev–Trinajstić information content (AvgIpc) is 2.45. The Morgan fingerprint density at radius 3 is 2.89 bits per heavy atom. The first-order chi connectivity index (χ1) is 9.26. The van der Waals surface area contributed by atoms with Gasteiger partial charge in [-0.15, -0.1) is 0 Å². The van der Waals surface area contributed by atoms with E-state index in [1.54, 1.807) is 0 Å². The van der Waals surface area contributed by atoms with Gasteiger partial charge < -0.3 is 16.0 Å². The van der Waals surface area contributed by atoms with Gasteiger partial charge in [0.05, 0.1) is 0 Å². The minimum Gasteiger partial charge on any atom is -0.370 e. The van der Waals surface area contributed by atoms with Crippen LogP contribution in [-0.2, 0) is 0 Å². The molecule has 1 unspecified atom stereocenters. The van der Waals surface area contributed by atoms with Crippen LogP contribution >= 0.6 is 0 Å². The van der Waals surface area contributed by atoms with Crippen LogP contribution in [0.15, 0.2) is 4.99 Å². The number of unbranched alkanes of at least 4 members (excludes halogenated alkanes) is 3. The van der Waals surface area contributed by atoms with Gasteiger partial charge in [-0.3, -0.25) is 4.99 Å². The third-order valence-corrected chi connectivity index (χ3v) is 3.91. The maximum Gasteiger partial charge on any atom is 0.188 e. The van der Waals surface area contributed by atoms with Gasteiger partial charge >= 0.3 is 0 Å². The number of nitrogens with two attached hydrogens (primary N) is 1. The molecule has 1 aliphatic rings. The fourth-order valence-corrected chi connectivity index (χ4v) is 2.64. The summed E-state index contributed by atoms with van der Waals surface area (Å²) in [5, 5.41) is 3.22. The zero-order chi connectivity index (χ0) is 13.9. The highest BCUT2D eigenvalue weighted by atomic mass is 15.1. The number of hydrogen-bond acceptors (Lipinski definition) is 2. The third kappa shape index (κ3) is 7.41. The Kier molecular flexibility index (Phi) is 8.63. The quantitative estimate of drug-likeness (QED) is 0.403. The number of nitrogens with one attached hydrogen (secondary N) is 1. The Balaban J connectivity index is 2.12. The number of aliphatic imine (C=N–C) groups is 1. The first-order valence-electron chi connectivity index (χ1n) is 8.02. The Hall–Kier alpha value is -0.770. The van der Waals surface area contributed by atoms with Gasteiger partial charge in [-0.2, -0.15) is 0 Å². The van der Waals surface area contributed by atoms with Gasteiger partial charge in [0, 0.05) is 19.6 Å². The van der Waals surface area contributed by atoms with Gasteiger partial charge in [-0.25, -0.2) is 0 Å². The van der Waals surface area contributed by atoms with Crippen LogP contribution < -0.4 is 11.1 Å². The Labute approximate surface area is 118 Å². The molecule has 0 radical (unpaired) electrons. The summed E-state index contributed by atoms with van der Waals surface area (Å²) >= 11 is 0. The number of rotatable bonds is 8. The lowest BCUT2D eigenvalue weighted by Crippen LogP contribution is -2.37. The van der Waals surface area contributed by atoms with Crippen LogP contribution in [0.2, 0.25) is 0 Å². The van der Waals surface area contributed by atoms with Crippen LogP contribution in [0.3, 0.4) is 0 Å². The summed E-state index contributed by atoms with van der Waals surface area (Å²) in [4.78, 5) is 7.00. The molecule has 1 aliphatic heterocycles. The van der Waals surface area contributed by atoms with Crippen molar-refractivity contribution in [3.05, 3.63) is 0 Å². The van der Waals surface area contributed by atoms with E-state index in [0.29, 0.717) is 11.9 Å². The molecule has 1 fully saturated rings. The highest BCUT2D eigenvalue weighted by molar-refractivity contribution is 5.77. The molecule has 0 amide bonds. The number of guanidine groups is 1. The largest absolute Gasteiger partial charge is 0.370 e. The van der Waals surface area contributed by atoms with E-state index in [9.17, 15) is 0 Å². The van der Waals surface area contributed by atoms with Crippen molar-refractivity contribution in [2.45, 2.75) is 52.4 Å². The topological polar surface area (TPSA) is 53.6 Å². The van der Waals surface area contributed by atoms with Gasteiger partial charge in [-0.05, 0) is 38.3 Å². The minimum atomic E-state index is 0.630. The van der Waals surface area contributed by atoms with Crippen LogP contribution in [0.25, 0.3) is 0 Å². The first-order valence-corrected chi connectivity index (χ1v) is 8.02. The van der Waals surface area contributed by atoms with E-state index < -0.39 is 0 Å². The van der Waals surface area contributed by atoms with Crippen LogP contribution in [0.5, 0.6) is 0 Å². The molecule has 0 aromatic carbocycles. The molecule has 1 heterocycles. The van der Waals surface area contributed by atoms with E-state index in [2.05, 4.69) is 29.1 Å². The van der Waals surface area contributed by atoms with Gasteiger partial charge in [0.15, 0.2) is 5.96 Å². The smallest absolute Gasteiger partial charge is 0.188 e. The zero-order valence-corrected chi connectivity index (χ0v) is 12.8. The second-order valence-corrected chi connectivity index (χ2v) is 5.61. The second-order valence-electron chi connectivity index (χ2n) is 5.61. The predicted octanol–water partition coefficient (Wildman–Crippen LogP) is 2.20. The summed E-state index contributed by atoms with van der Waals surface area (Å²) in [7, 11) is 0. The maximum atomic E-state index is 5.90. The molecule has 0 spiro atoms. The predicted molar refractivity (Wildman–Crippen MR) is 83.5 cm³/mol. The summed E-state index contributed by atoms with van der Waals surface area (Å²) in [5.41, 5.74) is 5.90. The lowest BCUT2D eigenvalue weighted by molar-refractivity contribution is 0.186. The molecular formula is C15H32N4. The van der Waals surface area contributed by atoms with E-state index in [4.69, 9.17) is 5.73 Å². The number of likely N-dealkylation sites (tertiary alicyclic amines) is 1. The van der Waals surface area contributed by atoms with Crippen molar-refractivity contribution in [3.8, 4) is 0 Å². The molecule has 0 aromatic rings. The standard InChI is InChI=1S/C15H32N4/c1-3-5-6-7-10-17-15(16)18-12-14-9-8-11-19(4-2)13-14/h14H,3-13H2,1-2H3,(H3,16,17,18). The molecule has 112 valence electrons. The molecule has 4 heteroatoms. The molecule has 1 saturated heterocycles. The van der Waals surface area contributed by atoms with Crippen molar-refractivity contribution in [3.63, 3.8) is 0 Å². The second kappa shape index (κ2) is 10.1. The van der Waals surface area contributed by atoms with Crippen molar-refractivity contribution in [1.82, 2.24) is 10.2 Å². The fourth-order valence-electron chi connectivity index (χ4n) is 2.64. The van der Waals surface area contributed by atoms with Crippen LogP contribution in [0.1, 0.15) is 52.4 Å². The van der Waals surface area contributed by atoms with Crippen molar-refractivity contribution < 1.29 is 0 Å². The summed E-state index contributed by atoms with van der Waals surface area (Å²) in [6.07, 6.45) is 7.66. The van der Waals surface area contributed by atoms with E-state index >= 15 is 0 Å². The first kappa shape index (κ1) is 16.3. The van der Waals surface area contributed by atoms with E-state index in [1.165, 1.54) is 51.6 Å². The summed E-state index contributed by atoms with van der Waals surface area (Å²) in [6, 6.07) is 0. The molecule has 19 heavy (non-hydrogen) atoms. The van der Waals surface area contributed by atoms with Crippen molar-refractivity contribution in [1.29, 1.82) is 0 Å². The Morgan fingerprint density at radius 1 is 1.32 bits per heavy atom. The SMILES string of the molecule is CCCCCCNC(N)=NCC1CCCN(CC)C1. The average molecular weight is 268 g/mol. The molecule has 0 aromatic heterocycles. The Morgan fingerprint density at radius 2 is 2.16 bits per heavy atom. The van der Waals surface area contributed by atoms with E-state index in [-0.39, 0.29) is 0 Å². The van der Waals surface area contributed by atoms with Crippen molar-refractivity contribution in [2.75, 3.05) is 32.7 Å². The molecule has 0 saturated carbocycles. The fraction of sp³-hybridized carbons (Fsp3) is 0.933. The molecule has 4 nitrogen and oxygen atoms in total. The highest BCUT2D eigenvalue weighted by Crippen LogP contribution is 2.16. The van der Waals surface area contributed by atoms with E-state index in [0.717, 1.165) is 19.6 Å². The third-order valence-electron chi connectivity index (χ3n) is 3.91. The Bertz CT molecular complexity index is 253. The lowest BCUT2D eigenvalue weighted by Gasteiger charge is -2.30. The molecular weight excluding hydrogens is 236 g/mol. The normalized spacial score (nSPS) is 21.6. The van der Waals surface area contributed by atoms with Gasteiger partial charge in [0.25, 0.3) is 0 Å². The molecule has 0 aliphatic carbocycles. The van der Waals surface area contributed by atoms with Crippen LogP contribution in [0, 0.1) is 5.92 Å². The molecule has 3 N–H and O–H groups in total. The van der Waals surface area contributed by atoms with Crippen LogP contribution in [0.4, 0.5) is 0 Å².